The van der Waals surface area contributed by atoms with Crippen molar-refractivity contribution in [3.8, 4) is 23.0 Å². The van der Waals surface area contributed by atoms with E-state index in [4.69, 9.17) is 4.74 Å². The fourth-order valence-corrected chi connectivity index (χ4v) is 8.48. The molecule has 7 nitrogen and oxygen atoms in total. The van der Waals surface area contributed by atoms with Crippen LogP contribution in [0.3, 0.4) is 0 Å². The maximum Gasteiger partial charge on any atom is 0.319 e. The van der Waals surface area contributed by atoms with Crippen molar-refractivity contribution in [1.29, 1.82) is 0 Å². The second-order valence-electron chi connectivity index (χ2n) is 13.9. The lowest BCUT2D eigenvalue weighted by Gasteiger charge is -2.31. The van der Waals surface area contributed by atoms with Crippen molar-refractivity contribution >= 4 is 27.5 Å². The standard InChI is InChI=1S/C35H36F5N5O2/c1-2-23-26(37)8-7-20-12-22(46)13-24(27(20)23)29-28(38)30-25(14-41-29)31(44-10-4-3-6-21(36)15-44)43-32(42-30)47-19-34-9-5-11-45(34)18-33(16-34)17-35(33,39)40/h7-8,12-14,21,46H,2-6,9-11,15-19H2,1H3/t21?,33-,34-/m0/s1. The van der Waals surface area contributed by atoms with E-state index in [1.54, 1.807) is 11.8 Å². The number of phenolic OH excluding ortho intramolecular Hbond substituents is 1. The average molecular weight is 654 g/mol. The van der Waals surface area contributed by atoms with Gasteiger partial charge in [0.05, 0.1) is 22.9 Å². The summed E-state index contributed by atoms with van der Waals surface area (Å²) in [5.74, 6) is -3.81. The topological polar surface area (TPSA) is 74.6 Å². The molecule has 3 saturated heterocycles. The summed E-state index contributed by atoms with van der Waals surface area (Å²) in [4.78, 5) is 17.5. The molecule has 47 heavy (non-hydrogen) atoms. The summed E-state index contributed by atoms with van der Waals surface area (Å²) in [5.41, 5.74) is -1.30. The molecule has 5 heterocycles. The molecule has 8 rings (SSSR count). The molecule has 2 aromatic heterocycles. The first-order valence-corrected chi connectivity index (χ1v) is 16.5. The van der Waals surface area contributed by atoms with Gasteiger partial charge in [0, 0.05) is 31.3 Å². The number of hydrogen-bond donors (Lipinski definition) is 1. The third-order valence-electron chi connectivity index (χ3n) is 10.9. The Morgan fingerprint density at radius 1 is 1.06 bits per heavy atom. The van der Waals surface area contributed by atoms with Gasteiger partial charge in [-0.25, -0.2) is 22.0 Å². The maximum absolute atomic E-state index is 16.8. The van der Waals surface area contributed by atoms with Crippen LogP contribution in [-0.2, 0) is 6.42 Å². The second kappa shape index (κ2) is 10.9. The number of rotatable bonds is 6. The summed E-state index contributed by atoms with van der Waals surface area (Å²) in [6, 6.07) is 5.57. The van der Waals surface area contributed by atoms with Crippen LogP contribution in [0.15, 0.2) is 30.5 Å². The molecule has 3 atom stereocenters. The lowest BCUT2D eigenvalue weighted by molar-refractivity contribution is 0.0647. The molecule has 0 amide bonds. The Labute approximate surface area is 268 Å². The van der Waals surface area contributed by atoms with Crippen LogP contribution in [-0.4, -0.2) is 75.4 Å². The summed E-state index contributed by atoms with van der Waals surface area (Å²) in [6.45, 7) is 3.43. The van der Waals surface area contributed by atoms with E-state index in [0.717, 1.165) is 6.42 Å². The summed E-state index contributed by atoms with van der Waals surface area (Å²) in [7, 11) is 0. The zero-order chi connectivity index (χ0) is 32.7. The molecule has 1 saturated carbocycles. The number of nitrogens with zero attached hydrogens (tertiary/aromatic N) is 5. The Morgan fingerprint density at radius 2 is 1.89 bits per heavy atom. The van der Waals surface area contributed by atoms with Crippen LogP contribution < -0.4 is 9.64 Å². The Bertz CT molecular complexity index is 1910. The highest BCUT2D eigenvalue weighted by Crippen LogP contribution is 2.69. The van der Waals surface area contributed by atoms with Crippen molar-refractivity contribution in [2.24, 2.45) is 5.41 Å². The van der Waals surface area contributed by atoms with Gasteiger partial charge in [-0.15, -0.1) is 0 Å². The van der Waals surface area contributed by atoms with Crippen LogP contribution >= 0.6 is 0 Å². The van der Waals surface area contributed by atoms with Gasteiger partial charge >= 0.3 is 6.01 Å². The van der Waals surface area contributed by atoms with Gasteiger partial charge in [0.15, 0.2) is 5.82 Å². The molecule has 4 aromatic rings. The number of alkyl halides is 3. The van der Waals surface area contributed by atoms with Crippen molar-refractivity contribution in [2.75, 3.05) is 37.7 Å². The number of aromatic nitrogens is 3. The molecule has 12 heteroatoms. The van der Waals surface area contributed by atoms with Gasteiger partial charge in [-0.3, -0.25) is 9.88 Å². The zero-order valence-electron chi connectivity index (χ0n) is 26.1. The monoisotopic (exact) mass is 653 g/mol. The van der Waals surface area contributed by atoms with Crippen molar-refractivity contribution in [3.63, 3.8) is 0 Å². The number of fused-ring (bicyclic) bond motifs is 3. The molecule has 1 aliphatic carbocycles. The highest BCUT2D eigenvalue weighted by molar-refractivity contribution is 6.01. The largest absolute Gasteiger partial charge is 0.508 e. The average Bonchev–Trinajstić information content (AvgIpc) is 3.26. The molecule has 3 aliphatic heterocycles. The molecule has 0 bridgehead atoms. The van der Waals surface area contributed by atoms with Gasteiger partial charge in [-0.1, -0.05) is 13.0 Å². The summed E-state index contributed by atoms with van der Waals surface area (Å²) >= 11 is 0. The number of aromatic hydroxyl groups is 1. The van der Waals surface area contributed by atoms with Crippen LogP contribution in [0.4, 0.5) is 27.8 Å². The lowest BCUT2D eigenvalue weighted by Crippen LogP contribution is -2.43. The number of halogens is 5. The van der Waals surface area contributed by atoms with Gasteiger partial charge in [0.2, 0.25) is 0 Å². The van der Waals surface area contributed by atoms with Gasteiger partial charge in [0.25, 0.3) is 5.92 Å². The minimum atomic E-state index is -2.68. The van der Waals surface area contributed by atoms with E-state index >= 15 is 4.39 Å². The van der Waals surface area contributed by atoms with Crippen LogP contribution in [0.5, 0.6) is 11.8 Å². The van der Waals surface area contributed by atoms with E-state index in [1.165, 1.54) is 30.5 Å². The van der Waals surface area contributed by atoms with Gasteiger partial charge < -0.3 is 14.7 Å². The number of phenols is 1. The Kier molecular flexibility index (Phi) is 7.06. The van der Waals surface area contributed by atoms with Crippen LogP contribution in [0.25, 0.3) is 32.9 Å². The Balaban J connectivity index is 1.25. The smallest absolute Gasteiger partial charge is 0.319 e. The highest BCUT2D eigenvalue weighted by Gasteiger charge is 2.77. The molecule has 4 aliphatic rings. The number of hydrogen-bond acceptors (Lipinski definition) is 7. The normalized spacial score (nSPS) is 27.1. The van der Waals surface area contributed by atoms with Crippen molar-refractivity contribution < 1.29 is 31.8 Å². The van der Waals surface area contributed by atoms with Gasteiger partial charge in [-0.05, 0) is 86.0 Å². The van der Waals surface area contributed by atoms with Crippen LogP contribution in [0.1, 0.15) is 57.4 Å². The SMILES string of the molecule is CCc1c(F)ccc2cc(O)cc(-c3ncc4c(N5CCCCC(F)C5)nc(OC[C@@]56CCCN5C[C@@]5(CC5(F)F)C6)nc4c3F)c12. The fraction of sp³-hybridized carbons (Fsp3) is 0.514. The molecule has 1 unspecified atom stereocenters. The first kappa shape index (κ1) is 30.5. The first-order valence-electron chi connectivity index (χ1n) is 16.5. The van der Waals surface area contributed by atoms with Gasteiger partial charge in [0.1, 0.15) is 41.4 Å². The Hall–Kier alpha value is -3.80. The van der Waals surface area contributed by atoms with Crippen LogP contribution in [0, 0.1) is 17.0 Å². The van der Waals surface area contributed by atoms with Crippen molar-refractivity contribution in [3.05, 3.63) is 47.7 Å². The van der Waals surface area contributed by atoms with E-state index in [0.29, 0.717) is 74.5 Å². The molecular formula is C35H36F5N5O2. The van der Waals surface area contributed by atoms with E-state index in [-0.39, 0.29) is 59.3 Å². The maximum atomic E-state index is 16.8. The number of anilines is 1. The van der Waals surface area contributed by atoms with E-state index in [1.807, 2.05) is 0 Å². The molecular weight excluding hydrogens is 617 g/mol. The zero-order valence-corrected chi connectivity index (χ0v) is 26.1. The van der Waals surface area contributed by atoms with Gasteiger partial charge in [-0.2, -0.15) is 9.97 Å². The predicted octanol–water partition coefficient (Wildman–Crippen LogP) is 7.36. The molecule has 4 fully saturated rings. The number of pyridine rings is 1. The van der Waals surface area contributed by atoms with E-state index in [9.17, 15) is 22.7 Å². The summed E-state index contributed by atoms with van der Waals surface area (Å²) in [6.07, 6.45) is 4.22. The number of aryl methyl sites for hydroxylation is 1. The summed E-state index contributed by atoms with van der Waals surface area (Å²) in [5, 5.41) is 11.8. The quantitative estimate of drug-likeness (QED) is 0.218. The van der Waals surface area contributed by atoms with E-state index in [2.05, 4.69) is 19.9 Å². The fourth-order valence-electron chi connectivity index (χ4n) is 8.48. The van der Waals surface area contributed by atoms with Crippen molar-refractivity contribution in [2.45, 2.75) is 75.9 Å². The van der Waals surface area contributed by atoms with E-state index < -0.39 is 34.7 Å². The minimum Gasteiger partial charge on any atom is -0.508 e. The highest BCUT2D eigenvalue weighted by atomic mass is 19.3. The second-order valence-corrected chi connectivity index (χ2v) is 13.9. The first-order chi connectivity index (χ1) is 22.5. The summed E-state index contributed by atoms with van der Waals surface area (Å²) < 4.78 is 81.7. The number of ether oxygens (including phenoxy) is 1. The lowest BCUT2D eigenvalue weighted by atomic mass is 9.89. The third kappa shape index (κ3) is 4.88. The molecule has 1 N–H and O–H groups in total. The number of benzene rings is 2. The molecule has 2 aromatic carbocycles. The molecule has 0 radical (unpaired) electrons. The minimum absolute atomic E-state index is 0.0561. The molecule has 1 spiro atoms. The Morgan fingerprint density at radius 3 is 2.68 bits per heavy atom. The molecule has 248 valence electrons. The van der Waals surface area contributed by atoms with Crippen molar-refractivity contribution in [1.82, 2.24) is 19.9 Å². The third-order valence-corrected chi connectivity index (χ3v) is 10.9. The predicted molar refractivity (Wildman–Crippen MR) is 168 cm³/mol. The van der Waals surface area contributed by atoms with Crippen LogP contribution in [0.2, 0.25) is 0 Å².